The van der Waals surface area contributed by atoms with Crippen LogP contribution in [0.2, 0.25) is 0 Å². The molecule has 0 rings (SSSR count). The van der Waals surface area contributed by atoms with E-state index in [4.69, 9.17) is 0 Å². The van der Waals surface area contributed by atoms with Crippen LogP contribution < -0.4 is 5.32 Å². The van der Waals surface area contributed by atoms with Gasteiger partial charge in [-0.1, -0.05) is 40.5 Å². The van der Waals surface area contributed by atoms with Crippen LogP contribution >= 0.6 is 0 Å². The molecule has 3 atom stereocenters. The van der Waals surface area contributed by atoms with Crippen molar-refractivity contribution in [2.75, 3.05) is 13.6 Å². The highest BCUT2D eigenvalue weighted by molar-refractivity contribution is 4.71. The largest absolute Gasteiger partial charge is 0.319 e. The Morgan fingerprint density at radius 3 is 1.92 bits per heavy atom. The first-order valence-electron chi connectivity index (χ1n) is 5.31. The summed E-state index contributed by atoms with van der Waals surface area (Å²) in [4.78, 5) is 0. The number of hydrogen-bond acceptors (Lipinski definition) is 1. The molecule has 1 nitrogen and oxygen atoms in total. The molecule has 0 saturated heterocycles. The van der Waals surface area contributed by atoms with E-state index in [-0.39, 0.29) is 0 Å². The van der Waals surface area contributed by atoms with E-state index in [1.54, 1.807) is 0 Å². The van der Waals surface area contributed by atoms with Gasteiger partial charge in [-0.15, -0.1) is 0 Å². The van der Waals surface area contributed by atoms with Crippen LogP contribution in [0.4, 0.5) is 0 Å². The molecule has 0 aromatic rings. The molecule has 0 fully saturated rings. The minimum Gasteiger partial charge on any atom is -0.319 e. The fourth-order valence-electron chi connectivity index (χ4n) is 2.14. The molecule has 0 bridgehead atoms. The zero-order valence-corrected chi connectivity index (χ0v) is 9.35. The molecule has 1 N–H and O–H groups in total. The Morgan fingerprint density at radius 2 is 1.58 bits per heavy atom. The third-order valence-corrected chi connectivity index (χ3v) is 3.10. The number of hydrogen-bond donors (Lipinski definition) is 1. The maximum Gasteiger partial charge on any atom is -0.00234 e. The van der Waals surface area contributed by atoms with Gasteiger partial charge in [0, 0.05) is 0 Å². The summed E-state index contributed by atoms with van der Waals surface area (Å²) >= 11 is 0. The maximum atomic E-state index is 3.26. The second kappa shape index (κ2) is 6.47. The average molecular weight is 171 g/mol. The molecule has 0 aromatic heterocycles. The molecule has 1 heteroatoms. The van der Waals surface area contributed by atoms with Crippen LogP contribution in [0.3, 0.4) is 0 Å². The molecule has 0 spiro atoms. The highest BCUT2D eigenvalue weighted by atomic mass is 14.8. The fourth-order valence-corrected chi connectivity index (χ4v) is 2.14. The first-order valence-corrected chi connectivity index (χ1v) is 5.31. The second-order valence-electron chi connectivity index (χ2n) is 3.99. The predicted molar refractivity (Wildman–Crippen MR) is 56.3 cm³/mol. The van der Waals surface area contributed by atoms with Crippen molar-refractivity contribution in [1.82, 2.24) is 5.32 Å². The van der Waals surface area contributed by atoms with Gasteiger partial charge >= 0.3 is 0 Å². The monoisotopic (exact) mass is 171 g/mol. The van der Waals surface area contributed by atoms with Crippen molar-refractivity contribution in [3.05, 3.63) is 0 Å². The summed E-state index contributed by atoms with van der Waals surface area (Å²) in [6, 6.07) is 0. The van der Waals surface area contributed by atoms with Crippen molar-refractivity contribution in [3.8, 4) is 0 Å². The van der Waals surface area contributed by atoms with Gasteiger partial charge in [-0.2, -0.15) is 0 Å². The van der Waals surface area contributed by atoms with Crippen LogP contribution in [0.1, 0.15) is 40.5 Å². The van der Waals surface area contributed by atoms with Crippen LogP contribution in [0.15, 0.2) is 0 Å². The van der Waals surface area contributed by atoms with Gasteiger partial charge < -0.3 is 5.32 Å². The Balaban J connectivity index is 3.94. The van der Waals surface area contributed by atoms with Crippen molar-refractivity contribution >= 4 is 0 Å². The van der Waals surface area contributed by atoms with E-state index < -0.39 is 0 Å². The van der Waals surface area contributed by atoms with Gasteiger partial charge in [-0.25, -0.2) is 0 Å². The Kier molecular flexibility index (Phi) is 6.45. The fraction of sp³-hybridized carbons (Fsp3) is 1.00. The van der Waals surface area contributed by atoms with Gasteiger partial charge in [0.1, 0.15) is 0 Å². The first-order chi connectivity index (χ1) is 5.67. The van der Waals surface area contributed by atoms with E-state index in [2.05, 4.69) is 33.0 Å². The van der Waals surface area contributed by atoms with Crippen LogP contribution in [0.25, 0.3) is 0 Å². The molecule has 0 heterocycles. The van der Waals surface area contributed by atoms with Gasteiger partial charge in [0.05, 0.1) is 0 Å². The first kappa shape index (κ1) is 12.0. The summed E-state index contributed by atoms with van der Waals surface area (Å²) in [5.41, 5.74) is 0. The molecule has 0 amide bonds. The van der Waals surface area contributed by atoms with E-state index in [1.807, 2.05) is 7.05 Å². The molecule has 12 heavy (non-hydrogen) atoms. The number of nitrogens with one attached hydrogen (secondary N) is 1. The van der Waals surface area contributed by atoms with Gasteiger partial charge in [0.15, 0.2) is 0 Å². The van der Waals surface area contributed by atoms with Crippen LogP contribution in [-0.4, -0.2) is 13.6 Å². The van der Waals surface area contributed by atoms with E-state index in [9.17, 15) is 0 Å². The zero-order chi connectivity index (χ0) is 9.56. The second-order valence-corrected chi connectivity index (χ2v) is 3.99. The molecular formula is C11H25N. The SMILES string of the molecule is CCC(C)C(CC)C(C)CNC. The van der Waals surface area contributed by atoms with E-state index >= 15 is 0 Å². The van der Waals surface area contributed by atoms with Crippen molar-refractivity contribution < 1.29 is 0 Å². The lowest BCUT2D eigenvalue weighted by Gasteiger charge is -2.27. The van der Waals surface area contributed by atoms with Gasteiger partial charge in [-0.3, -0.25) is 0 Å². The Morgan fingerprint density at radius 1 is 1.00 bits per heavy atom. The van der Waals surface area contributed by atoms with Gasteiger partial charge in [-0.05, 0) is 31.3 Å². The van der Waals surface area contributed by atoms with Crippen LogP contribution in [0, 0.1) is 17.8 Å². The Labute approximate surface area is 77.9 Å². The summed E-state index contributed by atoms with van der Waals surface area (Å²) in [6.45, 7) is 10.5. The Hall–Kier alpha value is -0.0400. The molecule has 0 aromatic carbocycles. The summed E-state index contributed by atoms with van der Waals surface area (Å²) in [7, 11) is 2.04. The van der Waals surface area contributed by atoms with Gasteiger partial charge in [0.2, 0.25) is 0 Å². The van der Waals surface area contributed by atoms with Crippen LogP contribution in [0.5, 0.6) is 0 Å². The number of rotatable bonds is 6. The average Bonchev–Trinajstić information content (AvgIpc) is 2.06. The Bertz CT molecular complexity index is 101. The van der Waals surface area contributed by atoms with E-state index in [1.165, 1.54) is 12.8 Å². The maximum absolute atomic E-state index is 3.26. The van der Waals surface area contributed by atoms with E-state index in [0.717, 1.165) is 24.3 Å². The smallest absolute Gasteiger partial charge is 0.00234 e. The molecular weight excluding hydrogens is 146 g/mol. The molecule has 0 radical (unpaired) electrons. The molecule has 0 aliphatic rings. The third kappa shape index (κ3) is 3.57. The van der Waals surface area contributed by atoms with Crippen molar-refractivity contribution in [2.24, 2.45) is 17.8 Å². The van der Waals surface area contributed by atoms with Crippen molar-refractivity contribution in [2.45, 2.75) is 40.5 Å². The molecule has 0 saturated carbocycles. The summed E-state index contributed by atoms with van der Waals surface area (Å²) in [5, 5.41) is 3.26. The predicted octanol–water partition coefficient (Wildman–Crippen LogP) is 2.91. The highest BCUT2D eigenvalue weighted by Gasteiger charge is 2.19. The minimum absolute atomic E-state index is 0.815. The molecule has 0 aliphatic heterocycles. The summed E-state index contributed by atoms with van der Waals surface area (Å²) in [5.74, 6) is 2.58. The zero-order valence-electron chi connectivity index (χ0n) is 9.35. The summed E-state index contributed by atoms with van der Waals surface area (Å²) < 4.78 is 0. The standard InChI is InChI=1S/C11H25N/c1-6-9(3)11(7-2)10(4)8-12-5/h9-12H,6-8H2,1-5H3. The lowest BCUT2D eigenvalue weighted by atomic mass is 9.80. The van der Waals surface area contributed by atoms with Gasteiger partial charge in [0.25, 0.3) is 0 Å². The quantitative estimate of drug-likeness (QED) is 0.648. The lowest BCUT2D eigenvalue weighted by Crippen LogP contribution is -2.27. The molecule has 0 aliphatic carbocycles. The summed E-state index contributed by atoms with van der Waals surface area (Å²) in [6.07, 6.45) is 2.63. The molecule has 74 valence electrons. The lowest BCUT2D eigenvalue weighted by molar-refractivity contribution is 0.238. The van der Waals surface area contributed by atoms with Crippen molar-refractivity contribution in [3.63, 3.8) is 0 Å². The van der Waals surface area contributed by atoms with Crippen molar-refractivity contribution in [1.29, 1.82) is 0 Å². The molecule has 3 unspecified atom stereocenters. The topological polar surface area (TPSA) is 12.0 Å². The van der Waals surface area contributed by atoms with Crippen LogP contribution in [-0.2, 0) is 0 Å². The third-order valence-electron chi connectivity index (χ3n) is 3.10. The highest BCUT2D eigenvalue weighted by Crippen LogP contribution is 2.26. The van der Waals surface area contributed by atoms with E-state index in [0.29, 0.717) is 0 Å². The normalized spacial score (nSPS) is 18.8. The minimum atomic E-state index is 0.815.